The molecule has 0 bridgehead atoms. The van der Waals surface area contributed by atoms with Crippen LogP contribution in [0.1, 0.15) is 21.5 Å². The summed E-state index contributed by atoms with van der Waals surface area (Å²) in [7, 11) is 0. The van der Waals surface area contributed by atoms with Crippen molar-refractivity contribution in [1.82, 2.24) is 0 Å². The van der Waals surface area contributed by atoms with Gasteiger partial charge in [0, 0.05) is 17.8 Å². The Morgan fingerprint density at radius 2 is 1.95 bits per heavy atom. The number of primary amides is 1. The minimum absolute atomic E-state index is 0.443. The largest absolute Gasteiger partial charge is 0.381 e. The zero-order valence-electron chi connectivity index (χ0n) is 10.3. The summed E-state index contributed by atoms with van der Waals surface area (Å²) in [5, 5.41) is 11.9. The van der Waals surface area contributed by atoms with Crippen LogP contribution in [0.3, 0.4) is 0 Å². The Morgan fingerprint density at radius 1 is 1.21 bits per heavy atom. The van der Waals surface area contributed by atoms with Crippen molar-refractivity contribution >= 4 is 11.6 Å². The average molecular weight is 251 g/mol. The Morgan fingerprint density at radius 3 is 2.58 bits per heavy atom. The van der Waals surface area contributed by atoms with Gasteiger partial charge in [0.2, 0.25) is 5.91 Å². The maximum atomic E-state index is 11.1. The molecule has 2 rings (SSSR count). The van der Waals surface area contributed by atoms with Gasteiger partial charge in [-0.25, -0.2) is 0 Å². The van der Waals surface area contributed by atoms with Crippen molar-refractivity contribution in [2.45, 2.75) is 6.54 Å². The third kappa shape index (κ3) is 3.33. The predicted octanol–water partition coefficient (Wildman–Crippen LogP) is 2.27. The van der Waals surface area contributed by atoms with Gasteiger partial charge in [0.15, 0.2) is 0 Å². The molecular formula is C15H13N3O. The number of carbonyl (C=O) groups is 1. The fourth-order valence-electron chi connectivity index (χ4n) is 1.68. The van der Waals surface area contributed by atoms with E-state index in [0.29, 0.717) is 17.7 Å². The lowest BCUT2D eigenvalue weighted by Crippen LogP contribution is -2.11. The highest BCUT2D eigenvalue weighted by atomic mass is 16.1. The number of hydrogen-bond acceptors (Lipinski definition) is 3. The number of nitrogens with zero attached hydrogens (tertiary/aromatic N) is 1. The van der Waals surface area contributed by atoms with E-state index >= 15 is 0 Å². The molecular weight excluding hydrogens is 238 g/mol. The highest BCUT2D eigenvalue weighted by Gasteiger charge is 2.01. The lowest BCUT2D eigenvalue weighted by Gasteiger charge is -2.07. The van der Waals surface area contributed by atoms with Crippen LogP contribution in [0.2, 0.25) is 0 Å². The Bertz CT molecular complexity index is 627. The van der Waals surface area contributed by atoms with Crippen molar-refractivity contribution in [3.63, 3.8) is 0 Å². The molecule has 4 heteroatoms. The molecule has 2 aromatic carbocycles. The summed E-state index contributed by atoms with van der Waals surface area (Å²) in [6.07, 6.45) is 0. The van der Waals surface area contributed by atoms with E-state index in [-0.39, 0.29) is 0 Å². The second kappa shape index (κ2) is 5.69. The summed E-state index contributed by atoms with van der Waals surface area (Å²) in [6, 6.07) is 16.5. The van der Waals surface area contributed by atoms with Crippen LogP contribution in [0.5, 0.6) is 0 Å². The number of hydrogen-bond donors (Lipinski definition) is 2. The molecule has 0 fully saturated rings. The molecule has 0 radical (unpaired) electrons. The average Bonchev–Trinajstić information content (AvgIpc) is 2.46. The maximum Gasteiger partial charge on any atom is 0.248 e. The van der Waals surface area contributed by atoms with Crippen LogP contribution in [-0.4, -0.2) is 5.91 Å². The minimum Gasteiger partial charge on any atom is -0.381 e. The first kappa shape index (κ1) is 12.7. The van der Waals surface area contributed by atoms with Gasteiger partial charge >= 0.3 is 0 Å². The number of nitriles is 1. The van der Waals surface area contributed by atoms with E-state index in [4.69, 9.17) is 11.0 Å². The molecule has 2 aromatic rings. The number of anilines is 1. The Hall–Kier alpha value is -2.80. The van der Waals surface area contributed by atoms with E-state index in [1.54, 1.807) is 30.3 Å². The second-order valence-electron chi connectivity index (χ2n) is 4.11. The zero-order valence-corrected chi connectivity index (χ0v) is 10.3. The van der Waals surface area contributed by atoms with Crippen LogP contribution in [0.4, 0.5) is 5.69 Å². The lowest BCUT2D eigenvalue weighted by atomic mass is 10.1. The first-order valence-corrected chi connectivity index (χ1v) is 5.82. The van der Waals surface area contributed by atoms with Crippen LogP contribution in [-0.2, 0) is 6.54 Å². The molecule has 0 aliphatic carbocycles. The van der Waals surface area contributed by atoms with Gasteiger partial charge in [-0.2, -0.15) is 5.26 Å². The number of nitrogens with two attached hydrogens (primary N) is 1. The molecule has 0 saturated heterocycles. The summed E-state index contributed by atoms with van der Waals surface area (Å²) in [6.45, 7) is 0.619. The third-order valence-electron chi connectivity index (χ3n) is 2.73. The normalized spacial score (nSPS) is 9.63. The van der Waals surface area contributed by atoms with Crippen molar-refractivity contribution in [3.05, 3.63) is 65.2 Å². The number of amides is 1. The fourth-order valence-corrected chi connectivity index (χ4v) is 1.68. The summed E-state index contributed by atoms with van der Waals surface area (Å²) >= 11 is 0. The van der Waals surface area contributed by atoms with Gasteiger partial charge in [0.05, 0.1) is 11.6 Å². The van der Waals surface area contributed by atoms with E-state index < -0.39 is 5.91 Å². The van der Waals surface area contributed by atoms with Crippen LogP contribution < -0.4 is 11.1 Å². The van der Waals surface area contributed by atoms with E-state index in [1.807, 2.05) is 18.2 Å². The number of benzene rings is 2. The number of rotatable bonds is 4. The predicted molar refractivity (Wildman–Crippen MR) is 73.4 cm³/mol. The summed E-state index contributed by atoms with van der Waals surface area (Å²) < 4.78 is 0. The van der Waals surface area contributed by atoms with Crippen LogP contribution >= 0.6 is 0 Å². The fraction of sp³-hybridized carbons (Fsp3) is 0.0667. The van der Waals surface area contributed by atoms with Gasteiger partial charge in [0.1, 0.15) is 0 Å². The van der Waals surface area contributed by atoms with Gasteiger partial charge in [0.25, 0.3) is 0 Å². The molecule has 0 spiro atoms. The highest BCUT2D eigenvalue weighted by Crippen LogP contribution is 2.12. The van der Waals surface area contributed by atoms with E-state index in [1.165, 1.54) is 0 Å². The van der Waals surface area contributed by atoms with Gasteiger partial charge in [-0.3, -0.25) is 4.79 Å². The van der Waals surface area contributed by atoms with Gasteiger partial charge in [-0.05, 0) is 35.9 Å². The van der Waals surface area contributed by atoms with Gasteiger partial charge < -0.3 is 11.1 Å². The molecule has 1 amide bonds. The molecule has 0 unspecified atom stereocenters. The van der Waals surface area contributed by atoms with E-state index in [0.717, 1.165) is 11.3 Å². The number of nitrogens with one attached hydrogen (secondary N) is 1. The SMILES string of the molecule is N#Cc1ccc(CNc2cccc(C(N)=O)c2)cc1. The van der Waals surface area contributed by atoms with E-state index in [2.05, 4.69) is 11.4 Å². The second-order valence-corrected chi connectivity index (χ2v) is 4.11. The summed E-state index contributed by atoms with van der Waals surface area (Å²) in [4.78, 5) is 11.1. The van der Waals surface area contributed by atoms with Crippen molar-refractivity contribution in [2.24, 2.45) is 5.73 Å². The monoisotopic (exact) mass is 251 g/mol. The molecule has 0 saturated carbocycles. The smallest absolute Gasteiger partial charge is 0.248 e. The molecule has 3 N–H and O–H groups in total. The first-order valence-electron chi connectivity index (χ1n) is 5.82. The third-order valence-corrected chi connectivity index (χ3v) is 2.73. The summed E-state index contributed by atoms with van der Waals surface area (Å²) in [5.74, 6) is -0.443. The Kier molecular flexibility index (Phi) is 3.79. The van der Waals surface area contributed by atoms with Gasteiger partial charge in [-0.15, -0.1) is 0 Å². The quantitative estimate of drug-likeness (QED) is 0.874. The molecule has 0 aliphatic rings. The van der Waals surface area contributed by atoms with E-state index in [9.17, 15) is 4.79 Å². The number of carbonyl (C=O) groups excluding carboxylic acids is 1. The first-order chi connectivity index (χ1) is 9.19. The molecule has 0 atom stereocenters. The van der Waals surface area contributed by atoms with Crippen molar-refractivity contribution in [2.75, 3.05) is 5.32 Å². The topological polar surface area (TPSA) is 78.9 Å². The summed E-state index contributed by atoms with van der Waals surface area (Å²) in [5.41, 5.74) is 8.23. The van der Waals surface area contributed by atoms with Crippen molar-refractivity contribution < 1.29 is 4.79 Å². The maximum absolute atomic E-state index is 11.1. The standard InChI is InChI=1S/C15H13N3O/c16-9-11-4-6-12(7-5-11)10-18-14-3-1-2-13(8-14)15(17)19/h1-8,18H,10H2,(H2,17,19). The zero-order chi connectivity index (χ0) is 13.7. The molecule has 19 heavy (non-hydrogen) atoms. The molecule has 0 aromatic heterocycles. The molecule has 0 aliphatic heterocycles. The van der Waals surface area contributed by atoms with Gasteiger partial charge in [-0.1, -0.05) is 18.2 Å². The Balaban J connectivity index is 2.03. The van der Waals surface area contributed by atoms with Crippen LogP contribution in [0.25, 0.3) is 0 Å². The van der Waals surface area contributed by atoms with Crippen molar-refractivity contribution in [1.29, 1.82) is 5.26 Å². The molecule has 4 nitrogen and oxygen atoms in total. The van der Waals surface area contributed by atoms with Crippen molar-refractivity contribution in [3.8, 4) is 6.07 Å². The van der Waals surface area contributed by atoms with Crippen LogP contribution in [0, 0.1) is 11.3 Å². The van der Waals surface area contributed by atoms with Crippen LogP contribution in [0.15, 0.2) is 48.5 Å². The minimum atomic E-state index is -0.443. The highest BCUT2D eigenvalue weighted by molar-refractivity contribution is 5.93. The Labute approximate surface area is 111 Å². The molecule has 0 heterocycles. The lowest BCUT2D eigenvalue weighted by molar-refractivity contribution is 0.100. The molecule has 94 valence electrons.